The summed E-state index contributed by atoms with van der Waals surface area (Å²) in [5, 5.41) is 13.2. The molecule has 0 radical (unpaired) electrons. The highest BCUT2D eigenvalue weighted by molar-refractivity contribution is 7.80. The molecule has 3 nitrogen and oxygen atoms in total. The van der Waals surface area contributed by atoms with Gasteiger partial charge in [0.2, 0.25) is 0 Å². The van der Waals surface area contributed by atoms with Gasteiger partial charge in [0.15, 0.2) is 0 Å². The number of hydrogen-bond acceptors (Lipinski definition) is 3. The molecule has 0 bridgehead atoms. The summed E-state index contributed by atoms with van der Waals surface area (Å²) >= 11 is 4.90. The van der Waals surface area contributed by atoms with Gasteiger partial charge in [-0.15, -0.1) is 0 Å². The first-order chi connectivity index (χ1) is 8.16. The van der Waals surface area contributed by atoms with Crippen molar-refractivity contribution in [2.24, 2.45) is 5.73 Å². The number of benzene rings is 1. The Morgan fingerprint density at radius 1 is 1.24 bits per heavy atom. The van der Waals surface area contributed by atoms with Crippen LogP contribution in [-0.2, 0) is 0 Å². The van der Waals surface area contributed by atoms with Gasteiger partial charge in [-0.3, -0.25) is 0 Å². The summed E-state index contributed by atoms with van der Waals surface area (Å²) in [4.78, 5) is 0.411. The van der Waals surface area contributed by atoms with Crippen LogP contribution in [0, 0.1) is 0 Å². The number of nitrogens with one attached hydrogen (secondary N) is 1. The maximum absolute atomic E-state index is 9.87. The zero-order valence-corrected chi connectivity index (χ0v) is 10.5. The van der Waals surface area contributed by atoms with Gasteiger partial charge in [-0.1, -0.05) is 25.1 Å². The van der Waals surface area contributed by atoms with Gasteiger partial charge in [-0.05, 0) is 37.1 Å². The van der Waals surface area contributed by atoms with E-state index in [0.717, 1.165) is 30.5 Å². The van der Waals surface area contributed by atoms with E-state index in [0.29, 0.717) is 4.99 Å². The minimum atomic E-state index is -0.237. The molecular weight excluding hydrogens is 232 g/mol. The van der Waals surface area contributed by atoms with Crippen molar-refractivity contribution < 1.29 is 5.11 Å². The standard InChI is InChI=1S/C13H18N2OS/c14-13(17)9-5-7-10(8-6-9)15-11-3-1-2-4-12(11)16/h5-8,11-12,15-16H,1-4H2,(H2,14,17). The molecule has 1 aromatic rings. The van der Waals surface area contributed by atoms with E-state index in [-0.39, 0.29) is 12.1 Å². The average Bonchev–Trinajstić information content (AvgIpc) is 2.33. The van der Waals surface area contributed by atoms with E-state index < -0.39 is 0 Å². The third-order valence-electron chi connectivity index (χ3n) is 3.25. The summed E-state index contributed by atoms with van der Waals surface area (Å²) in [6.07, 6.45) is 3.99. The van der Waals surface area contributed by atoms with Crippen LogP contribution in [0.25, 0.3) is 0 Å². The normalized spacial score (nSPS) is 24.3. The van der Waals surface area contributed by atoms with Crippen LogP contribution in [0.5, 0.6) is 0 Å². The first-order valence-electron chi connectivity index (χ1n) is 6.01. The number of aliphatic hydroxyl groups excluding tert-OH is 1. The summed E-state index contributed by atoms with van der Waals surface area (Å²) in [6, 6.07) is 7.88. The molecule has 0 aliphatic heterocycles. The summed E-state index contributed by atoms with van der Waals surface area (Å²) in [6.45, 7) is 0. The highest BCUT2D eigenvalue weighted by Gasteiger charge is 2.22. The summed E-state index contributed by atoms with van der Waals surface area (Å²) in [5.41, 5.74) is 7.42. The van der Waals surface area contributed by atoms with E-state index >= 15 is 0 Å². The lowest BCUT2D eigenvalue weighted by Crippen LogP contribution is -2.36. The second-order valence-corrected chi connectivity index (χ2v) is 4.98. The Balaban J connectivity index is 2.00. The maximum atomic E-state index is 9.87. The minimum absolute atomic E-state index is 0.166. The van der Waals surface area contributed by atoms with Crippen molar-refractivity contribution in [3.05, 3.63) is 29.8 Å². The van der Waals surface area contributed by atoms with Gasteiger partial charge in [0.25, 0.3) is 0 Å². The predicted octanol–water partition coefficient (Wildman–Crippen LogP) is 2.04. The van der Waals surface area contributed by atoms with Crippen LogP contribution in [0.2, 0.25) is 0 Å². The third-order valence-corrected chi connectivity index (χ3v) is 3.49. The molecule has 17 heavy (non-hydrogen) atoms. The summed E-state index contributed by atoms with van der Waals surface area (Å²) < 4.78 is 0. The van der Waals surface area contributed by atoms with Gasteiger partial charge in [0.05, 0.1) is 12.1 Å². The van der Waals surface area contributed by atoms with Crippen molar-refractivity contribution in [1.29, 1.82) is 0 Å². The second-order valence-electron chi connectivity index (χ2n) is 4.54. The molecule has 0 saturated heterocycles. The smallest absolute Gasteiger partial charge is 0.103 e. The molecule has 0 amide bonds. The Morgan fingerprint density at radius 2 is 1.88 bits per heavy atom. The lowest BCUT2D eigenvalue weighted by atomic mass is 9.92. The van der Waals surface area contributed by atoms with Crippen molar-refractivity contribution in [2.75, 3.05) is 5.32 Å². The van der Waals surface area contributed by atoms with E-state index in [1.807, 2.05) is 24.3 Å². The fraction of sp³-hybridized carbons (Fsp3) is 0.462. The van der Waals surface area contributed by atoms with E-state index in [9.17, 15) is 5.11 Å². The molecule has 0 heterocycles. The first-order valence-corrected chi connectivity index (χ1v) is 6.42. The van der Waals surface area contributed by atoms with E-state index in [1.165, 1.54) is 6.42 Å². The largest absolute Gasteiger partial charge is 0.391 e. The van der Waals surface area contributed by atoms with Crippen LogP contribution < -0.4 is 11.1 Å². The van der Waals surface area contributed by atoms with Gasteiger partial charge in [0.1, 0.15) is 4.99 Å². The molecule has 4 N–H and O–H groups in total. The minimum Gasteiger partial charge on any atom is -0.391 e. The number of aliphatic hydroxyl groups is 1. The zero-order chi connectivity index (χ0) is 12.3. The van der Waals surface area contributed by atoms with Gasteiger partial charge in [0, 0.05) is 11.3 Å². The average molecular weight is 250 g/mol. The molecule has 0 aromatic heterocycles. The van der Waals surface area contributed by atoms with Crippen molar-refractivity contribution in [2.45, 2.75) is 37.8 Å². The van der Waals surface area contributed by atoms with Crippen LogP contribution in [-0.4, -0.2) is 22.2 Å². The van der Waals surface area contributed by atoms with Crippen LogP contribution in [0.4, 0.5) is 5.69 Å². The Hall–Kier alpha value is -1.13. The zero-order valence-electron chi connectivity index (χ0n) is 9.73. The van der Waals surface area contributed by atoms with Gasteiger partial charge in [-0.25, -0.2) is 0 Å². The summed E-state index contributed by atoms with van der Waals surface area (Å²) in [7, 11) is 0. The topological polar surface area (TPSA) is 58.3 Å². The van der Waals surface area contributed by atoms with Crippen molar-refractivity contribution in [3.8, 4) is 0 Å². The molecule has 2 atom stereocenters. The fourth-order valence-electron chi connectivity index (χ4n) is 2.22. The van der Waals surface area contributed by atoms with E-state index in [4.69, 9.17) is 18.0 Å². The van der Waals surface area contributed by atoms with E-state index in [2.05, 4.69) is 5.32 Å². The molecule has 1 saturated carbocycles. The predicted molar refractivity (Wildman–Crippen MR) is 74.2 cm³/mol. The highest BCUT2D eigenvalue weighted by Crippen LogP contribution is 2.22. The Kier molecular flexibility index (Phi) is 3.97. The first kappa shape index (κ1) is 12.3. The lowest BCUT2D eigenvalue weighted by Gasteiger charge is -2.29. The molecule has 2 rings (SSSR count). The molecule has 1 aromatic carbocycles. The van der Waals surface area contributed by atoms with Crippen molar-refractivity contribution in [1.82, 2.24) is 0 Å². The van der Waals surface area contributed by atoms with Crippen LogP contribution >= 0.6 is 12.2 Å². The fourth-order valence-corrected chi connectivity index (χ4v) is 2.36. The molecule has 2 unspecified atom stereocenters. The maximum Gasteiger partial charge on any atom is 0.103 e. The Morgan fingerprint density at radius 3 is 2.47 bits per heavy atom. The molecule has 0 spiro atoms. The molecule has 4 heteroatoms. The highest BCUT2D eigenvalue weighted by atomic mass is 32.1. The van der Waals surface area contributed by atoms with Crippen molar-refractivity contribution in [3.63, 3.8) is 0 Å². The Bertz CT molecular complexity index is 391. The van der Waals surface area contributed by atoms with E-state index in [1.54, 1.807) is 0 Å². The third kappa shape index (κ3) is 3.17. The molecular formula is C13H18N2OS. The Labute approximate surface area is 107 Å². The second kappa shape index (κ2) is 5.47. The molecule has 92 valence electrons. The van der Waals surface area contributed by atoms with Crippen LogP contribution in [0.3, 0.4) is 0 Å². The number of nitrogens with two attached hydrogens (primary N) is 1. The molecule has 1 fully saturated rings. The number of thiocarbonyl (C=S) groups is 1. The monoisotopic (exact) mass is 250 g/mol. The van der Waals surface area contributed by atoms with Crippen molar-refractivity contribution >= 4 is 22.9 Å². The number of hydrogen-bond donors (Lipinski definition) is 3. The lowest BCUT2D eigenvalue weighted by molar-refractivity contribution is 0.116. The van der Waals surface area contributed by atoms with Crippen LogP contribution in [0.1, 0.15) is 31.2 Å². The molecule has 1 aliphatic rings. The summed E-state index contributed by atoms with van der Waals surface area (Å²) in [5.74, 6) is 0. The number of rotatable bonds is 3. The van der Waals surface area contributed by atoms with Crippen LogP contribution in [0.15, 0.2) is 24.3 Å². The number of anilines is 1. The van der Waals surface area contributed by atoms with Gasteiger partial charge >= 0.3 is 0 Å². The van der Waals surface area contributed by atoms with Gasteiger partial charge in [-0.2, -0.15) is 0 Å². The van der Waals surface area contributed by atoms with Gasteiger partial charge < -0.3 is 16.2 Å². The quantitative estimate of drug-likeness (QED) is 0.719. The molecule has 1 aliphatic carbocycles. The SMILES string of the molecule is NC(=S)c1ccc(NC2CCCCC2O)cc1.